The van der Waals surface area contributed by atoms with Crippen molar-refractivity contribution in [2.75, 3.05) is 19.6 Å². The lowest BCUT2D eigenvalue weighted by Crippen LogP contribution is -2.35. The molecule has 0 aromatic rings. The Kier molecular flexibility index (Phi) is 5.75. The molecule has 4 nitrogen and oxygen atoms in total. The van der Waals surface area contributed by atoms with Crippen LogP contribution in [0.25, 0.3) is 0 Å². The van der Waals surface area contributed by atoms with E-state index in [4.69, 9.17) is 10.9 Å². The first-order valence-electron chi connectivity index (χ1n) is 6.74. The van der Waals surface area contributed by atoms with Gasteiger partial charge in [0, 0.05) is 12.5 Å². The summed E-state index contributed by atoms with van der Waals surface area (Å²) in [5, 5.41) is 11.7. The maximum absolute atomic E-state index is 8.65. The van der Waals surface area contributed by atoms with E-state index in [0.717, 1.165) is 31.5 Å². The molecule has 0 aromatic carbocycles. The Labute approximate surface area is 105 Å². The molecule has 4 heteroatoms. The van der Waals surface area contributed by atoms with E-state index in [2.05, 4.69) is 23.9 Å². The lowest BCUT2D eigenvalue weighted by molar-refractivity contribution is 0.253. The van der Waals surface area contributed by atoms with Crippen LogP contribution in [0.1, 0.15) is 40.0 Å². The van der Waals surface area contributed by atoms with E-state index < -0.39 is 0 Å². The third-order valence-corrected chi connectivity index (χ3v) is 3.96. The van der Waals surface area contributed by atoms with Crippen molar-refractivity contribution in [2.24, 2.45) is 28.6 Å². The molecule has 0 radical (unpaired) electrons. The summed E-state index contributed by atoms with van der Waals surface area (Å²) >= 11 is 0. The van der Waals surface area contributed by atoms with Gasteiger partial charge in [-0.3, -0.25) is 0 Å². The van der Waals surface area contributed by atoms with Gasteiger partial charge in [-0.25, -0.2) is 0 Å². The monoisotopic (exact) mass is 241 g/mol. The van der Waals surface area contributed by atoms with Crippen LogP contribution in [-0.4, -0.2) is 35.6 Å². The lowest BCUT2D eigenvalue weighted by Gasteiger charge is -2.23. The van der Waals surface area contributed by atoms with Gasteiger partial charge in [-0.2, -0.15) is 0 Å². The third-order valence-electron chi connectivity index (χ3n) is 3.96. The fraction of sp³-hybridized carbons (Fsp3) is 0.923. The molecule has 0 amide bonds. The average Bonchev–Trinajstić information content (AvgIpc) is 2.53. The van der Waals surface area contributed by atoms with Gasteiger partial charge < -0.3 is 15.8 Å². The highest BCUT2D eigenvalue weighted by Gasteiger charge is 2.21. The summed E-state index contributed by atoms with van der Waals surface area (Å²) in [6, 6.07) is 0. The predicted octanol–water partition coefficient (Wildman–Crippen LogP) is 2.13. The molecule has 3 N–H and O–H groups in total. The number of oxime groups is 1. The van der Waals surface area contributed by atoms with Crippen molar-refractivity contribution in [1.82, 2.24) is 4.90 Å². The Morgan fingerprint density at radius 2 is 2.06 bits per heavy atom. The number of hydrogen-bond acceptors (Lipinski definition) is 3. The Morgan fingerprint density at radius 3 is 2.65 bits per heavy atom. The summed E-state index contributed by atoms with van der Waals surface area (Å²) in [6.45, 7) is 9.84. The van der Waals surface area contributed by atoms with Crippen molar-refractivity contribution in [3.8, 4) is 0 Å². The molecule has 2 atom stereocenters. The smallest absolute Gasteiger partial charge is 0.143 e. The van der Waals surface area contributed by atoms with E-state index in [1.807, 2.05) is 6.92 Å². The van der Waals surface area contributed by atoms with E-state index in [0.29, 0.717) is 5.84 Å². The van der Waals surface area contributed by atoms with Crippen molar-refractivity contribution in [1.29, 1.82) is 0 Å². The molecule has 1 saturated heterocycles. The molecule has 0 saturated carbocycles. The highest BCUT2D eigenvalue weighted by atomic mass is 16.4. The van der Waals surface area contributed by atoms with Crippen molar-refractivity contribution in [3.05, 3.63) is 0 Å². The number of nitrogens with zero attached hydrogens (tertiary/aromatic N) is 2. The number of hydrogen-bond donors (Lipinski definition) is 2. The first-order valence-corrected chi connectivity index (χ1v) is 6.74. The molecule has 0 spiro atoms. The largest absolute Gasteiger partial charge is 0.409 e. The van der Waals surface area contributed by atoms with Crippen LogP contribution in [0.5, 0.6) is 0 Å². The van der Waals surface area contributed by atoms with Gasteiger partial charge in [0.05, 0.1) is 0 Å². The zero-order valence-corrected chi connectivity index (χ0v) is 11.4. The highest BCUT2D eigenvalue weighted by molar-refractivity contribution is 5.82. The van der Waals surface area contributed by atoms with Crippen LogP contribution in [0.3, 0.4) is 0 Å². The van der Waals surface area contributed by atoms with Crippen LogP contribution in [0.4, 0.5) is 0 Å². The SMILES string of the molecule is CC(CN1CCCC(C(C)C)CC1)C(N)=NO. The van der Waals surface area contributed by atoms with Crippen LogP contribution in [0, 0.1) is 17.8 Å². The molecule has 0 aliphatic carbocycles. The average molecular weight is 241 g/mol. The first-order chi connectivity index (χ1) is 8.04. The van der Waals surface area contributed by atoms with Gasteiger partial charge >= 0.3 is 0 Å². The normalized spacial score (nSPS) is 25.9. The quantitative estimate of drug-likeness (QED) is 0.343. The maximum Gasteiger partial charge on any atom is 0.143 e. The minimum Gasteiger partial charge on any atom is -0.409 e. The molecule has 1 aliphatic heterocycles. The molecule has 2 unspecified atom stereocenters. The van der Waals surface area contributed by atoms with Crippen LogP contribution in [0.2, 0.25) is 0 Å². The number of nitrogens with two attached hydrogens (primary N) is 1. The van der Waals surface area contributed by atoms with Crippen LogP contribution in [-0.2, 0) is 0 Å². The van der Waals surface area contributed by atoms with E-state index in [1.54, 1.807) is 0 Å². The van der Waals surface area contributed by atoms with Gasteiger partial charge in [0.2, 0.25) is 0 Å². The Balaban J connectivity index is 2.41. The molecule has 1 fully saturated rings. The van der Waals surface area contributed by atoms with Gasteiger partial charge in [0.15, 0.2) is 0 Å². The summed E-state index contributed by atoms with van der Waals surface area (Å²) in [5.41, 5.74) is 5.62. The first kappa shape index (κ1) is 14.3. The molecule has 1 heterocycles. The number of likely N-dealkylation sites (tertiary alicyclic amines) is 1. The Hall–Kier alpha value is -0.770. The van der Waals surface area contributed by atoms with Crippen molar-refractivity contribution < 1.29 is 5.21 Å². The van der Waals surface area contributed by atoms with E-state index in [-0.39, 0.29) is 5.92 Å². The zero-order valence-electron chi connectivity index (χ0n) is 11.4. The van der Waals surface area contributed by atoms with Crippen molar-refractivity contribution in [3.63, 3.8) is 0 Å². The third kappa shape index (κ3) is 4.54. The fourth-order valence-electron chi connectivity index (χ4n) is 2.61. The second-order valence-electron chi connectivity index (χ2n) is 5.66. The summed E-state index contributed by atoms with van der Waals surface area (Å²) in [6.07, 6.45) is 3.89. The number of rotatable bonds is 4. The van der Waals surface area contributed by atoms with Crippen LogP contribution >= 0.6 is 0 Å². The summed E-state index contributed by atoms with van der Waals surface area (Å²) in [7, 11) is 0. The van der Waals surface area contributed by atoms with Gasteiger partial charge in [0.1, 0.15) is 5.84 Å². The summed E-state index contributed by atoms with van der Waals surface area (Å²) < 4.78 is 0. The Morgan fingerprint density at radius 1 is 1.35 bits per heavy atom. The van der Waals surface area contributed by atoms with E-state index >= 15 is 0 Å². The standard InChI is InChI=1S/C13H27N3O/c1-10(2)12-5-4-7-16(8-6-12)9-11(3)13(14)15-17/h10-12,17H,4-9H2,1-3H3,(H2,14,15). The minimum absolute atomic E-state index is 0.135. The van der Waals surface area contributed by atoms with Gasteiger partial charge in [-0.05, 0) is 44.2 Å². The minimum atomic E-state index is 0.135. The maximum atomic E-state index is 8.65. The van der Waals surface area contributed by atoms with E-state index in [1.165, 1.54) is 19.3 Å². The van der Waals surface area contributed by atoms with Crippen LogP contribution < -0.4 is 5.73 Å². The number of amidine groups is 1. The topological polar surface area (TPSA) is 61.8 Å². The summed E-state index contributed by atoms with van der Waals surface area (Å²) in [5.74, 6) is 2.13. The molecule has 17 heavy (non-hydrogen) atoms. The van der Waals surface area contributed by atoms with Crippen molar-refractivity contribution in [2.45, 2.75) is 40.0 Å². The molecule has 100 valence electrons. The lowest BCUT2D eigenvalue weighted by atomic mass is 9.89. The molecular formula is C13H27N3O. The molecule has 1 rings (SSSR count). The fourth-order valence-corrected chi connectivity index (χ4v) is 2.61. The molecular weight excluding hydrogens is 214 g/mol. The molecule has 0 aromatic heterocycles. The van der Waals surface area contributed by atoms with Gasteiger partial charge in [-0.15, -0.1) is 0 Å². The van der Waals surface area contributed by atoms with Crippen LogP contribution in [0.15, 0.2) is 5.16 Å². The van der Waals surface area contributed by atoms with E-state index in [9.17, 15) is 0 Å². The molecule has 1 aliphatic rings. The molecule has 0 bridgehead atoms. The Bertz CT molecular complexity index is 253. The van der Waals surface area contributed by atoms with Gasteiger partial charge in [0.25, 0.3) is 0 Å². The highest BCUT2D eigenvalue weighted by Crippen LogP contribution is 2.24. The second-order valence-corrected chi connectivity index (χ2v) is 5.66. The zero-order chi connectivity index (χ0) is 12.8. The van der Waals surface area contributed by atoms with Crippen molar-refractivity contribution >= 4 is 5.84 Å². The predicted molar refractivity (Wildman–Crippen MR) is 71.2 cm³/mol. The second kappa shape index (κ2) is 6.84. The van der Waals surface area contributed by atoms with Gasteiger partial charge in [-0.1, -0.05) is 25.9 Å². The summed E-state index contributed by atoms with van der Waals surface area (Å²) in [4.78, 5) is 2.45.